The van der Waals surface area contributed by atoms with E-state index in [2.05, 4.69) is 10.6 Å². The lowest BCUT2D eigenvalue weighted by Crippen LogP contribution is -2.27. The lowest BCUT2D eigenvalue weighted by atomic mass is 10.1. The average Bonchev–Trinajstić information content (AvgIpc) is 3.01. The molecule has 2 N–H and O–H groups in total. The molecule has 128 valence electrons. The smallest absolute Gasteiger partial charge is 0.310 e. The van der Waals surface area contributed by atoms with Crippen LogP contribution in [0.15, 0.2) is 24.3 Å². The zero-order chi connectivity index (χ0) is 15.8. The SMILES string of the molecule is Cl.O=C(CCOc1ccccc1[N+](=O)[O-])NCCC1CCNC1. The third-order valence-electron chi connectivity index (χ3n) is 3.69. The molecule has 8 heteroatoms. The first-order valence-electron chi connectivity index (χ1n) is 7.50. The summed E-state index contributed by atoms with van der Waals surface area (Å²) in [6, 6.07) is 6.15. The summed E-state index contributed by atoms with van der Waals surface area (Å²) in [5, 5.41) is 17.0. The van der Waals surface area contributed by atoms with Crippen molar-refractivity contribution in [2.24, 2.45) is 5.92 Å². The van der Waals surface area contributed by atoms with Crippen LogP contribution in [0, 0.1) is 16.0 Å². The number of para-hydroxylation sites is 2. The van der Waals surface area contributed by atoms with Crippen LogP contribution in [0.25, 0.3) is 0 Å². The second-order valence-electron chi connectivity index (χ2n) is 5.32. The van der Waals surface area contributed by atoms with Crippen molar-refractivity contribution in [2.75, 3.05) is 26.2 Å². The average molecular weight is 344 g/mol. The molecule has 0 aliphatic carbocycles. The minimum Gasteiger partial charge on any atom is -0.486 e. The molecule has 1 saturated heterocycles. The molecule has 1 amide bonds. The highest BCUT2D eigenvalue weighted by Gasteiger charge is 2.15. The predicted molar refractivity (Wildman–Crippen MR) is 89.1 cm³/mol. The number of rotatable bonds is 8. The molecule has 1 aromatic carbocycles. The predicted octanol–water partition coefficient (Wildman–Crippen LogP) is 1.90. The van der Waals surface area contributed by atoms with Gasteiger partial charge in [-0.25, -0.2) is 0 Å². The highest BCUT2D eigenvalue weighted by Crippen LogP contribution is 2.25. The van der Waals surface area contributed by atoms with Gasteiger partial charge in [0, 0.05) is 12.6 Å². The Hall–Kier alpha value is -1.86. The van der Waals surface area contributed by atoms with E-state index >= 15 is 0 Å². The van der Waals surface area contributed by atoms with Crippen LogP contribution in [0.5, 0.6) is 5.75 Å². The van der Waals surface area contributed by atoms with Gasteiger partial charge in [0.2, 0.25) is 5.91 Å². The van der Waals surface area contributed by atoms with Gasteiger partial charge in [-0.1, -0.05) is 12.1 Å². The molecule has 0 bridgehead atoms. The number of benzene rings is 1. The Morgan fingerprint density at radius 2 is 2.22 bits per heavy atom. The maximum absolute atomic E-state index is 11.7. The molecule has 1 unspecified atom stereocenters. The minimum absolute atomic E-state index is 0. The van der Waals surface area contributed by atoms with Crippen molar-refractivity contribution in [3.8, 4) is 5.75 Å². The first-order chi connectivity index (χ1) is 10.7. The number of carbonyl (C=O) groups is 1. The monoisotopic (exact) mass is 343 g/mol. The van der Waals surface area contributed by atoms with Gasteiger partial charge in [0.05, 0.1) is 18.0 Å². The summed E-state index contributed by atoms with van der Waals surface area (Å²) in [5.41, 5.74) is -0.0864. The molecule has 1 aromatic rings. The summed E-state index contributed by atoms with van der Waals surface area (Å²) in [6.45, 7) is 2.87. The quantitative estimate of drug-likeness (QED) is 0.555. The number of nitrogens with one attached hydrogen (secondary N) is 2. The topological polar surface area (TPSA) is 93.5 Å². The van der Waals surface area contributed by atoms with Crippen LogP contribution >= 0.6 is 12.4 Å². The molecular formula is C15H22ClN3O4. The van der Waals surface area contributed by atoms with Crippen molar-refractivity contribution >= 4 is 24.0 Å². The lowest BCUT2D eigenvalue weighted by Gasteiger charge is -2.10. The molecule has 1 aliphatic rings. The highest BCUT2D eigenvalue weighted by molar-refractivity contribution is 5.85. The molecule has 1 fully saturated rings. The van der Waals surface area contributed by atoms with Gasteiger partial charge in [0.15, 0.2) is 5.75 Å². The van der Waals surface area contributed by atoms with Crippen molar-refractivity contribution in [1.82, 2.24) is 10.6 Å². The standard InChI is InChI=1S/C15H21N3O4.ClH/c19-15(17-9-6-12-5-8-16-11-12)7-10-22-14-4-2-1-3-13(14)18(20)21;/h1-4,12,16H,5-11H2,(H,17,19);1H. The summed E-state index contributed by atoms with van der Waals surface area (Å²) in [4.78, 5) is 22.0. The van der Waals surface area contributed by atoms with E-state index in [0.717, 1.165) is 25.9 Å². The number of carbonyl (C=O) groups excluding carboxylic acids is 1. The Morgan fingerprint density at radius 3 is 2.91 bits per heavy atom. The first kappa shape index (κ1) is 19.2. The van der Waals surface area contributed by atoms with Crippen molar-refractivity contribution in [2.45, 2.75) is 19.3 Å². The summed E-state index contributed by atoms with van der Waals surface area (Å²) in [5.74, 6) is 0.741. The molecule has 2 rings (SSSR count). The van der Waals surface area contributed by atoms with Crippen LogP contribution < -0.4 is 15.4 Å². The molecule has 23 heavy (non-hydrogen) atoms. The minimum atomic E-state index is -0.495. The normalized spacial score (nSPS) is 16.4. The fourth-order valence-electron chi connectivity index (χ4n) is 2.45. The van der Waals surface area contributed by atoms with Crippen LogP contribution in [-0.2, 0) is 4.79 Å². The zero-order valence-electron chi connectivity index (χ0n) is 12.8. The Bertz CT molecular complexity index is 521. The van der Waals surface area contributed by atoms with E-state index in [0.29, 0.717) is 12.5 Å². The molecule has 1 atom stereocenters. The van der Waals surface area contributed by atoms with Gasteiger partial charge >= 0.3 is 5.69 Å². The van der Waals surface area contributed by atoms with E-state index in [9.17, 15) is 14.9 Å². The third kappa shape index (κ3) is 6.42. The summed E-state index contributed by atoms with van der Waals surface area (Å²) < 4.78 is 5.34. The zero-order valence-corrected chi connectivity index (χ0v) is 13.6. The van der Waals surface area contributed by atoms with E-state index in [-0.39, 0.29) is 42.8 Å². The number of hydrogen-bond donors (Lipinski definition) is 2. The fourth-order valence-corrected chi connectivity index (χ4v) is 2.45. The fraction of sp³-hybridized carbons (Fsp3) is 0.533. The van der Waals surface area contributed by atoms with E-state index < -0.39 is 4.92 Å². The van der Waals surface area contributed by atoms with Crippen LogP contribution in [0.3, 0.4) is 0 Å². The van der Waals surface area contributed by atoms with Gasteiger partial charge in [0.1, 0.15) is 0 Å². The Balaban J connectivity index is 0.00000264. The molecular weight excluding hydrogens is 322 g/mol. The van der Waals surface area contributed by atoms with Gasteiger partial charge in [-0.2, -0.15) is 0 Å². The van der Waals surface area contributed by atoms with Crippen molar-refractivity contribution in [3.63, 3.8) is 0 Å². The second kappa shape index (κ2) is 10.0. The number of nitrogens with zero attached hydrogens (tertiary/aromatic N) is 1. The number of hydrogen-bond acceptors (Lipinski definition) is 5. The van der Waals surface area contributed by atoms with Gasteiger partial charge in [-0.15, -0.1) is 12.4 Å². The van der Waals surface area contributed by atoms with Gasteiger partial charge in [0.25, 0.3) is 0 Å². The van der Waals surface area contributed by atoms with Crippen LogP contribution in [0.2, 0.25) is 0 Å². The van der Waals surface area contributed by atoms with Gasteiger partial charge in [-0.05, 0) is 37.9 Å². The molecule has 1 aliphatic heterocycles. The molecule has 7 nitrogen and oxygen atoms in total. The molecule has 1 heterocycles. The molecule has 0 spiro atoms. The van der Waals surface area contributed by atoms with E-state index in [1.54, 1.807) is 12.1 Å². The van der Waals surface area contributed by atoms with Crippen LogP contribution in [-0.4, -0.2) is 37.1 Å². The summed E-state index contributed by atoms with van der Waals surface area (Å²) in [6.07, 6.45) is 2.33. The number of amides is 1. The number of nitro benzene ring substituents is 1. The lowest BCUT2D eigenvalue weighted by molar-refractivity contribution is -0.385. The van der Waals surface area contributed by atoms with Crippen LogP contribution in [0.1, 0.15) is 19.3 Å². The first-order valence-corrected chi connectivity index (χ1v) is 7.50. The molecule has 0 radical (unpaired) electrons. The summed E-state index contributed by atoms with van der Waals surface area (Å²) >= 11 is 0. The summed E-state index contributed by atoms with van der Waals surface area (Å²) in [7, 11) is 0. The van der Waals surface area contributed by atoms with Crippen molar-refractivity contribution in [3.05, 3.63) is 34.4 Å². The van der Waals surface area contributed by atoms with E-state index in [1.165, 1.54) is 12.1 Å². The highest BCUT2D eigenvalue weighted by atomic mass is 35.5. The maximum Gasteiger partial charge on any atom is 0.310 e. The number of halogens is 1. The van der Waals surface area contributed by atoms with E-state index in [1.807, 2.05) is 0 Å². The Kier molecular flexibility index (Phi) is 8.36. The van der Waals surface area contributed by atoms with E-state index in [4.69, 9.17) is 4.74 Å². The maximum atomic E-state index is 11.7. The van der Waals surface area contributed by atoms with Crippen molar-refractivity contribution in [1.29, 1.82) is 0 Å². The van der Waals surface area contributed by atoms with Crippen molar-refractivity contribution < 1.29 is 14.5 Å². The van der Waals surface area contributed by atoms with Gasteiger partial charge in [-0.3, -0.25) is 14.9 Å². The molecule has 0 saturated carbocycles. The number of ether oxygens (including phenoxy) is 1. The third-order valence-corrected chi connectivity index (χ3v) is 3.69. The largest absolute Gasteiger partial charge is 0.486 e. The molecule has 0 aromatic heterocycles. The second-order valence-corrected chi connectivity index (χ2v) is 5.32. The Labute approximate surface area is 141 Å². The Morgan fingerprint density at radius 1 is 1.43 bits per heavy atom. The van der Waals surface area contributed by atoms with Gasteiger partial charge < -0.3 is 15.4 Å². The number of nitro groups is 1. The van der Waals surface area contributed by atoms with Crippen LogP contribution in [0.4, 0.5) is 5.69 Å².